The second-order valence-corrected chi connectivity index (χ2v) is 5.94. The van der Waals surface area contributed by atoms with E-state index in [0.29, 0.717) is 11.0 Å². The standard InChI is InChI=1S/C17H18ClN5/c1-11-10-12(2)21-17(20-11)22-15(16-19-8-9-23(16)3)13-4-6-14(18)7-5-13/h4-10,15H,1-3H3,(H,20,21,22)/t15-/m1/s1. The SMILES string of the molecule is Cc1cc(C)nc(N[C@H](c2ccc(Cl)cc2)c2nccn2C)n1. The molecular weight excluding hydrogens is 310 g/mol. The molecule has 0 saturated heterocycles. The van der Waals surface area contributed by atoms with Gasteiger partial charge in [-0.25, -0.2) is 15.0 Å². The third-order valence-electron chi connectivity index (χ3n) is 3.58. The van der Waals surface area contributed by atoms with E-state index >= 15 is 0 Å². The van der Waals surface area contributed by atoms with Crippen molar-refractivity contribution in [3.05, 3.63) is 70.5 Å². The van der Waals surface area contributed by atoms with Gasteiger partial charge in [-0.3, -0.25) is 0 Å². The number of aromatic nitrogens is 4. The average molecular weight is 328 g/mol. The van der Waals surface area contributed by atoms with Gasteiger partial charge in [-0.05, 0) is 37.6 Å². The Balaban J connectivity index is 2.01. The molecule has 0 aliphatic carbocycles. The van der Waals surface area contributed by atoms with E-state index in [1.54, 1.807) is 6.20 Å². The Hall–Kier alpha value is -2.40. The van der Waals surface area contributed by atoms with Crippen LogP contribution in [0.3, 0.4) is 0 Å². The number of hydrogen-bond donors (Lipinski definition) is 1. The average Bonchev–Trinajstić information content (AvgIpc) is 2.91. The monoisotopic (exact) mass is 327 g/mol. The molecule has 0 aliphatic heterocycles. The molecule has 0 amide bonds. The lowest BCUT2D eigenvalue weighted by Crippen LogP contribution is -2.18. The van der Waals surface area contributed by atoms with Crippen LogP contribution in [0.2, 0.25) is 5.02 Å². The largest absolute Gasteiger partial charge is 0.340 e. The molecule has 0 radical (unpaired) electrons. The fourth-order valence-electron chi connectivity index (χ4n) is 2.53. The first-order valence-electron chi connectivity index (χ1n) is 7.34. The summed E-state index contributed by atoms with van der Waals surface area (Å²) < 4.78 is 1.98. The molecule has 1 atom stereocenters. The Morgan fingerprint density at radius 3 is 2.30 bits per heavy atom. The molecule has 0 saturated carbocycles. The highest BCUT2D eigenvalue weighted by atomic mass is 35.5. The molecule has 0 bridgehead atoms. The first kappa shape index (κ1) is 15.5. The topological polar surface area (TPSA) is 55.6 Å². The quantitative estimate of drug-likeness (QED) is 0.794. The van der Waals surface area contributed by atoms with Crippen molar-refractivity contribution in [2.75, 3.05) is 5.32 Å². The van der Waals surface area contributed by atoms with Crippen LogP contribution in [0.1, 0.15) is 28.8 Å². The van der Waals surface area contributed by atoms with E-state index < -0.39 is 0 Å². The summed E-state index contributed by atoms with van der Waals surface area (Å²) >= 11 is 6.01. The van der Waals surface area contributed by atoms with Gasteiger partial charge in [-0.15, -0.1) is 0 Å². The molecular formula is C17H18ClN5. The molecule has 6 heteroatoms. The van der Waals surface area contributed by atoms with Gasteiger partial charge < -0.3 is 9.88 Å². The van der Waals surface area contributed by atoms with Gasteiger partial charge in [0.25, 0.3) is 0 Å². The van der Waals surface area contributed by atoms with E-state index in [4.69, 9.17) is 11.6 Å². The minimum absolute atomic E-state index is 0.159. The molecule has 1 N–H and O–H groups in total. The number of rotatable bonds is 4. The number of imidazole rings is 1. The normalized spacial score (nSPS) is 12.2. The zero-order valence-corrected chi connectivity index (χ0v) is 14.0. The molecule has 3 rings (SSSR count). The predicted molar refractivity (Wildman–Crippen MR) is 91.6 cm³/mol. The molecule has 0 fully saturated rings. The lowest BCUT2D eigenvalue weighted by Gasteiger charge is -2.19. The second kappa shape index (κ2) is 6.38. The maximum absolute atomic E-state index is 6.01. The van der Waals surface area contributed by atoms with Crippen LogP contribution in [0, 0.1) is 13.8 Å². The summed E-state index contributed by atoms with van der Waals surface area (Å²) in [5, 5.41) is 4.09. The third-order valence-corrected chi connectivity index (χ3v) is 3.83. The van der Waals surface area contributed by atoms with Crippen molar-refractivity contribution in [3.8, 4) is 0 Å². The van der Waals surface area contributed by atoms with Crippen LogP contribution in [0.4, 0.5) is 5.95 Å². The Bertz CT molecular complexity index is 790. The van der Waals surface area contributed by atoms with Crippen LogP contribution < -0.4 is 5.32 Å². The second-order valence-electron chi connectivity index (χ2n) is 5.50. The predicted octanol–water partition coefficient (Wildman–Crippen LogP) is 3.68. The van der Waals surface area contributed by atoms with Gasteiger partial charge in [-0.1, -0.05) is 23.7 Å². The summed E-state index contributed by atoms with van der Waals surface area (Å²) in [6, 6.07) is 9.50. The molecule has 23 heavy (non-hydrogen) atoms. The van der Waals surface area contributed by atoms with Crippen molar-refractivity contribution >= 4 is 17.5 Å². The smallest absolute Gasteiger partial charge is 0.223 e. The van der Waals surface area contributed by atoms with E-state index in [1.807, 2.05) is 62.0 Å². The van der Waals surface area contributed by atoms with Crippen molar-refractivity contribution in [1.29, 1.82) is 0 Å². The molecule has 0 unspecified atom stereocenters. The number of benzene rings is 1. The van der Waals surface area contributed by atoms with Crippen molar-refractivity contribution in [3.63, 3.8) is 0 Å². The first-order valence-corrected chi connectivity index (χ1v) is 7.72. The Labute approximate surface area is 140 Å². The molecule has 2 aromatic heterocycles. The lowest BCUT2D eigenvalue weighted by atomic mass is 10.1. The molecule has 3 aromatic rings. The number of anilines is 1. The number of nitrogens with zero attached hydrogens (tertiary/aromatic N) is 4. The molecule has 0 spiro atoms. The van der Waals surface area contributed by atoms with Gasteiger partial charge in [-0.2, -0.15) is 0 Å². The van der Waals surface area contributed by atoms with Crippen molar-refractivity contribution in [1.82, 2.24) is 19.5 Å². The van der Waals surface area contributed by atoms with Crippen molar-refractivity contribution in [2.45, 2.75) is 19.9 Å². The lowest BCUT2D eigenvalue weighted by molar-refractivity contribution is 0.740. The minimum atomic E-state index is -0.159. The van der Waals surface area contributed by atoms with Gasteiger partial charge in [0.15, 0.2) is 0 Å². The van der Waals surface area contributed by atoms with E-state index in [9.17, 15) is 0 Å². The van der Waals surface area contributed by atoms with E-state index in [0.717, 1.165) is 22.8 Å². The number of nitrogens with one attached hydrogen (secondary N) is 1. The molecule has 1 aromatic carbocycles. The van der Waals surface area contributed by atoms with Crippen molar-refractivity contribution < 1.29 is 0 Å². The van der Waals surface area contributed by atoms with Crippen LogP contribution >= 0.6 is 11.6 Å². The zero-order valence-electron chi connectivity index (χ0n) is 13.3. The number of halogens is 1. The summed E-state index contributed by atoms with van der Waals surface area (Å²) in [7, 11) is 1.97. The fourth-order valence-corrected chi connectivity index (χ4v) is 2.65. The third kappa shape index (κ3) is 3.51. The minimum Gasteiger partial charge on any atom is -0.340 e. The Morgan fingerprint density at radius 1 is 1.09 bits per heavy atom. The van der Waals surface area contributed by atoms with Gasteiger partial charge >= 0.3 is 0 Å². The molecule has 2 heterocycles. The first-order chi connectivity index (χ1) is 11.0. The summed E-state index contributed by atoms with van der Waals surface area (Å²) in [6.45, 7) is 3.91. The summed E-state index contributed by atoms with van der Waals surface area (Å²) in [4.78, 5) is 13.4. The van der Waals surface area contributed by atoms with Crippen LogP contribution in [0.25, 0.3) is 0 Å². The van der Waals surface area contributed by atoms with Crippen LogP contribution in [0.15, 0.2) is 42.7 Å². The van der Waals surface area contributed by atoms with Gasteiger partial charge in [0.2, 0.25) is 5.95 Å². The van der Waals surface area contributed by atoms with Gasteiger partial charge in [0.1, 0.15) is 11.9 Å². The highest BCUT2D eigenvalue weighted by Gasteiger charge is 2.19. The van der Waals surface area contributed by atoms with Gasteiger partial charge in [0.05, 0.1) is 0 Å². The molecule has 118 valence electrons. The zero-order chi connectivity index (χ0) is 16.4. The summed E-state index contributed by atoms with van der Waals surface area (Å²) in [5.41, 5.74) is 2.90. The van der Waals surface area contributed by atoms with Crippen LogP contribution in [-0.2, 0) is 7.05 Å². The molecule has 5 nitrogen and oxygen atoms in total. The van der Waals surface area contributed by atoms with E-state index in [2.05, 4.69) is 20.3 Å². The number of hydrogen-bond acceptors (Lipinski definition) is 4. The van der Waals surface area contributed by atoms with Crippen LogP contribution in [0.5, 0.6) is 0 Å². The highest BCUT2D eigenvalue weighted by Crippen LogP contribution is 2.25. The Kier molecular flexibility index (Phi) is 4.30. The fraction of sp³-hybridized carbons (Fsp3) is 0.235. The Morgan fingerprint density at radius 2 is 1.74 bits per heavy atom. The number of aryl methyl sites for hydroxylation is 3. The maximum atomic E-state index is 6.01. The van der Waals surface area contributed by atoms with Gasteiger partial charge in [0, 0.05) is 35.9 Å². The van der Waals surface area contributed by atoms with E-state index in [-0.39, 0.29) is 6.04 Å². The molecule has 0 aliphatic rings. The van der Waals surface area contributed by atoms with Crippen LogP contribution in [-0.4, -0.2) is 19.5 Å². The highest BCUT2D eigenvalue weighted by molar-refractivity contribution is 6.30. The summed E-state index contributed by atoms with van der Waals surface area (Å²) in [6.07, 6.45) is 3.70. The summed E-state index contributed by atoms with van der Waals surface area (Å²) in [5.74, 6) is 1.47. The van der Waals surface area contributed by atoms with Crippen molar-refractivity contribution in [2.24, 2.45) is 7.05 Å². The van der Waals surface area contributed by atoms with E-state index in [1.165, 1.54) is 0 Å². The maximum Gasteiger partial charge on any atom is 0.223 e.